The van der Waals surface area contributed by atoms with Gasteiger partial charge in [0.25, 0.3) is 0 Å². The lowest BCUT2D eigenvalue weighted by molar-refractivity contribution is -0.192. The number of halogens is 4. The van der Waals surface area contributed by atoms with E-state index in [0.29, 0.717) is 47.0 Å². The number of nitrogens with zero attached hydrogens (tertiary/aromatic N) is 4. The highest BCUT2D eigenvalue weighted by Gasteiger charge is 2.38. The molecule has 9 nitrogen and oxygen atoms in total. The number of hydrogen-bond donors (Lipinski definition) is 3. The predicted octanol–water partition coefficient (Wildman–Crippen LogP) is 2.89. The summed E-state index contributed by atoms with van der Waals surface area (Å²) in [6, 6.07) is 9.85. The average molecular weight is 539 g/mol. The molecule has 4 N–H and O–H groups in total. The Morgan fingerprint density at radius 1 is 1.19 bits per heavy atom. The van der Waals surface area contributed by atoms with Crippen LogP contribution >= 0.6 is 11.8 Å². The Morgan fingerprint density at radius 3 is 2.16 bits per heavy atom. The largest absolute Gasteiger partial charge is 0.490 e. The van der Waals surface area contributed by atoms with E-state index < -0.39 is 29.1 Å². The van der Waals surface area contributed by atoms with Crippen molar-refractivity contribution < 1.29 is 32.3 Å². The third-order valence-electron chi connectivity index (χ3n) is 5.15. The monoisotopic (exact) mass is 538 g/mol. The van der Waals surface area contributed by atoms with E-state index in [1.165, 1.54) is 24.3 Å². The number of nitriles is 2. The van der Waals surface area contributed by atoms with Gasteiger partial charge in [0.2, 0.25) is 5.91 Å². The molecule has 1 aromatic carbocycles. The summed E-state index contributed by atoms with van der Waals surface area (Å²) >= 11 is 1.05. The first-order chi connectivity index (χ1) is 17.4. The van der Waals surface area contributed by atoms with Gasteiger partial charge in [-0.1, -0.05) is 30.8 Å². The molecule has 3 rings (SSSR count). The molecule has 14 heteroatoms. The first-order valence-electron chi connectivity index (χ1n) is 10.8. The molecule has 196 valence electrons. The fraction of sp³-hybridized carbons (Fsp3) is 0.348. The van der Waals surface area contributed by atoms with Crippen molar-refractivity contribution in [2.75, 3.05) is 31.1 Å². The number of nitrogens with one attached hydrogen (secondary N) is 1. The lowest BCUT2D eigenvalue weighted by atomic mass is 10.0. The van der Waals surface area contributed by atoms with E-state index in [-0.39, 0.29) is 5.56 Å². The first-order valence-corrected chi connectivity index (χ1v) is 11.7. The van der Waals surface area contributed by atoms with Gasteiger partial charge >= 0.3 is 12.1 Å². The summed E-state index contributed by atoms with van der Waals surface area (Å²) in [6.45, 7) is 4.75. The van der Waals surface area contributed by atoms with Crippen LogP contribution in [0, 0.1) is 28.5 Å². The van der Waals surface area contributed by atoms with Gasteiger partial charge in [0.1, 0.15) is 34.0 Å². The summed E-state index contributed by atoms with van der Waals surface area (Å²) in [5.41, 5.74) is 7.40. The minimum atomic E-state index is -5.08. The van der Waals surface area contributed by atoms with Gasteiger partial charge in [-0.15, -0.1) is 0 Å². The van der Waals surface area contributed by atoms with Crippen LogP contribution in [0.2, 0.25) is 0 Å². The average Bonchev–Trinajstić information content (AvgIpc) is 2.87. The number of anilines is 1. The molecule has 1 aromatic heterocycles. The molecule has 2 aromatic rings. The molecule has 0 saturated carbocycles. The second kappa shape index (κ2) is 12.9. The Balaban J connectivity index is 0.000000604. The number of rotatable bonds is 6. The fourth-order valence-corrected chi connectivity index (χ4v) is 4.47. The molecular weight excluding hydrogens is 516 g/mol. The molecule has 0 bridgehead atoms. The van der Waals surface area contributed by atoms with Crippen LogP contribution in [0.1, 0.15) is 34.4 Å². The van der Waals surface area contributed by atoms with Crippen LogP contribution in [-0.4, -0.2) is 54.3 Å². The quantitative estimate of drug-likeness (QED) is 0.372. The second-order valence-electron chi connectivity index (χ2n) is 7.54. The van der Waals surface area contributed by atoms with Crippen molar-refractivity contribution in [1.82, 2.24) is 10.3 Å². The number of benzene rings is 1. The number of aromatic nitrogens is 1. The standard InChI is InChI=1S/C21H21FN6OS.C2HF3O2/c1-2-15-16(11-23)20(28-9-7-26-8-10-28)27-21(17(15)12-24)30-18(19(25)29)13-3-5-14(22)6-4-13;3-2(4,5)1(6)7/h3-6,18,26H,2,7-10H2,1H3,(H2,25,29);(H,6,7). The number of aliphatic carboxylic acids is 1. The number of carboxylic acid groups (broad SMARTS) is 1. The number of pyridine rings is 1. The van der Waals surface area contributed by atoms with Gasteiger partial charge < -0.3 is 21.1 Å². The fourth-order valence-electron chi connectivity index (χ4n) is 3.41. The molecule has 0 radical (unpaired) electrons. The van der Waals surface area contributed by atoms with Crippen LogP contribution in [0.4, 0.5) is 23.4 Å². The van der Waals surface area contributed by atoms with Crippen molar-refractivity contribution in [3.8, 4) is 12.1 Å². The molecule has 0 aliphatic carbocycles. The van der Waals surface area contributed by atoms with E-state index in [1.54, 1.807) is 0 Å². The van der Waals surface area contributed by atoms with E-state index in [2.05, 4.69) is 22.4 Å². The van der Waals surface area contributed by atoms with Gasteiger partial charge in [0, 0.05) is 26.2 Å². The van der Waals surface area contributed by atoms with Gasteiger partial charge in [-0.3, -0.25) is 4.79 Å². The first kappa shape index (κ1) is 29.4. The Morgan fingerprint density at radius 2 is 1.73 bits per heavy atom. The van der Waals surface area contributed by atoms with Crippen molar-refractivity contribution >= 4 is 29.5 Å². The van der Waals surface area contributed by atoms with Crippen molar-refractivity contribution in [1.29, 1.82) is 10.5 Å². The van der Waals surface area contributed by atoms with Crippen LogP contribution in [-0.2, 0) is 16.0 Å². The van der Waals surface area contributed by atoms with Gasteiger partial charge in [-0.25, -0.2) is 14.2 Å². The minimum Gasteiger partial charge on any atom is -0.475 e. The maximum atomic E-state index is 13.3. The maximum Gasteiger partial charge on any atom is 0.490 e. The number of hydrogen-bond acceptors (Lipinski definition) is 8. The molecule has 37 heavy (non-hydrogen) atoms. The number of nitrogens with two attached hydrogens (primary N) is 1. The summed E-state index contributed by atoms with van der Waals surface area (Å²) in [5.74, 6) is -3.29. The summed E-state index contributed by atoms with van der Waals surface area (Å²) in [5, 5.41) is 29.5. The molecule has 1 saturated heterocycles. The van der Waals surface area contributed by atoms with Gasteiger partial charge in [-0.2, -0.15) is 23.7 Å². The Bertz CT molecular complexity index is 1220. The predicted molar refractivity (Wildman–Crippen MR) is 126 cm³/mol. The summed E-state index contributed by atoms with van der Waals surface area (Å²) < 4.78 is 45.1. The van der Waals surface area contributed by atoms with Gasteiger partial charge in [0.15, 0.2) is 0 Å². The van der Waals surface area contributed by atoms with Crippen molar-refractivity contribution in [3.63, 3.8) is 0 Å². The van der Waals surface area contributed by atoms with Crippen molar-refractivity contribution in [3.05, 3.63) is 52.3 Å². The summed E-state index contributed by atoms with van der Waals surface area (Å²) in [7, 11) is 0. The molecule has 1 fully saturated rings. The van der Waals surface area contributed by atoms with Crippen LogP contribution in [0.5, 0.6) is 0 Å². The zero-order chi connectivity index (χ0) is 27.8. The Labute approximate surface area is 213 Å². The maximum absolute atomic E-state index is 13.3. The van der Waals surface area contributed by atoms with E-state index in [4.69, 9.17) is 15.6 Å². The zero-order valence-corrected chi connectivity index (χ0v) is 20.3. The van der Waals surface area contributed by atoms with Crippen molar-refractivity contribution in [2.24, 2.45) is 5.73 Å². The van der Waals surface area contributed by atoms with Gasteiger partial charge in [0.05, 0.1) is 11.1 Å². The normalized spacial score (nSPS) is 14.0. The number of carboxylic acids is 1. The number of alkyl halides is 3. The Kier molecular flexibility index (Phi) is 10.2. The lowest BCUT2D eigenvalue weighted by Gasteiger charge is -2.30. The zero-order valence-electron chi connectivity index (χ0n) is 19.5. The molecule has 1 amide bonds. The topological polar surface area (TPSA) is 156 Å². The molecule has 1 aliphatic rings. The van der Waals surface area contributed by atoms with Crippen LogP contribution in [0.25, 0.3) is 0 Å². The summed E-state index contributed by atoms with van der Waals surface area (Å²) in [6.07, 6.45) is -4.61. The number of primary amides is 1. The Hall–Kier alpha value is -3.88. The van der Waals surface area contributed by atoms with Crippen LogP contribution in [0.3, 0.4) is 0 Å². The van der Waals surface area contributed by atoms with Crippen LogP contribution < -0.4 is 16.0 Å². The third kappa shape index (κ3) is 7.55. The highest BCUT2D eigenvalue weighted by molar-refractivity contribution is 8.00. The number of piperazine rings is 1. The minimum absolute atomic E-state index is 0.270. The van der Waals surface area contributed by atoms with Gasteiger partial charge in [-0.05, 0) is 29.7 Å². The molecule has 1 aliphatic heterocycles. The molecular formula is C23H22F4N6O3S. The highest BCUT2D eigenvalue weighted by atomic mass is 32.2. The molecule has 1 atom stereocenters. The third-order valence-corrected chi connectivity index (χ3v) is 6.40. The smallest absolute Gasteiger partial charge is 0.475 e. The lowest BCUT2D eigenvalue weighted by Crippen LogP contribution is -2.44. The SMILES string of the molecule is CCc1c(C#N)c(SC(C(N)=O)c2ccc(F)cc2)nc(N2CCNCC2)c1C#N.O=C(O)C(F)(F)F. The molecule has 0 spiro atoms. The summed E-state index contributed by atoms with van der Waals surface area (Å²) in [4.78, 5) is 27.7. The van der Waals surface area contributed by atoms with E-state index in [1.807, 2.05) is 11.8 Å². The number of carbonyl (C=O) groups excluding carboxylic acids is 1. The van der Waals surface area contributed by atoms with E-state index in [0.717, 1.165) is 24.9 Å². The number of carbonyl (C=O) groups is 2. The van der Waals surface area contributed by atoms with Crippen molar-refractivity contribution in [2.45, 2.75) is 29.8 Å². The van der Waals surface area contributed by atoms with E-state index >= 15 is 0 Å². The van der Waals surface area contributed by atoms with E-state index in [9.17, 15) is 32.9 Å². The van der Waals surface area contributed by atoms with Crippen LogP contribution in [0.15, 0.2) is 29.3 Å². The molecule has 1 unspecified atom stereocenters. The number of amides is 1. The number of thioether (sulfide) groups is 1. The highest BCUT2D eigenvalue weighted by Crippen LogP contribution is 2.39. The molecule has 2 heterocycles. The second-order valence-corrected chi connectivity index (χ2v) is 8.63.